The Morgan fingerprint density at radius 1 is 1.23 bits per heavy atom. The Kier molecular flexibility index (Phi) is 6.34. The number of hydrogen-bond acceptors (Lipinski definition) is 8. The zero-order chi connectivity index (χ0) is 22.9. The van der Waals surface area contributed by atoms with Gasteiger partial charge in [0, 0.05) is 43.6 Å². The van der Waals surface area contributed by atoms with Crippen molar-refractivity contribution in [2.24, 2.45) is 0 Å². The second-order valence-corrected chi connectivity index (χ2v) is 10.0. The number of ketones is 2. The minimum absolute atomic E-state index is 0.118. The predicted molar refractivity (Wildman–Crippen MR) is 113 cm³/mol. The van der Waals surface area contributed by atoms with Crippen molar-refractivity contribution >= 4 is 49.9 Å². The van der Waals surface area contributed by atoms with E-state index < -0.39 is 33.5 Å². The van der Waals surface area contributed by atoms with Gasteiger partial charge in [-0.05, 0) is 13.0 Å². The Hall–Kier alpha value is -2.96. The molecule has 1 atom stereocenters. The quantitative estimate of drug-likeness (QED) is 0.479. The molecule has 31 heavy (non-hydrogen) atoms. The lowest BCUT2D eigenvalue weighted by Gasteiger charge is -2.31. The van der Waals surface area contributed by atoms with Crippen molar-refractivity contribution in [1.82, 2.24) is 14.6 Å². The average Bonchev–Trinajstić information content (AvgIpc) is 3.14. The van der Waals surface area contributed by atoms with Gasteiger partial charge in [-0.1, -0.05) is 12.1 Å². The number of aryl methyl sites for hydroxylation is 1. The molecule has 12 heteroatoms. The minimum Gasteiger partial charge on any atom is -0.359 e. The number of nitrogens with zero attached hydrogens (tertiary/aromatic N) is 2. The molecule has 1 aliphatic heterocycles. The van der Waals surface area contributed by atoms with E-state index in [2.05, 4.69) is 15.6 Å². The predicted octanol–water partition coefficient (Wildman–Crippen LogP) is 0.985. The first kappa shape index (κ1) is 22.7. The van der Waals surface area contributed by atoms with E-state index in [-0.39, 0.29) is 39.9 Å². The molecule has 3 rings (SSSR count). The van der Waals surface area contributed by atoms with E-state index in [1.165, 1.54) is 42.8 Å². The summed E-state index contributed by atoms with van der Waals surface area (Å²) < 4.78 is 26.7. The Bertz CT molecular complexity index is 1190. The van der Waals surface area contributed by atoms with Gasteiger partial charge in [-0.2, -0.15) is 4.31 Å². The molecule has 1 unspecified atom stereocenters. The highest BCUT2D eigenvalue weighted by Crippen LogP contribution is 2.32. The maximum Gasteiger partial charge on any atom is 0.252 e. The summed E-state index contributed by atoms with van der Waals surface area (Å²) in [5, 5.41) is 5.08. The number of sulfonamides is 1. The SMILES string of the molecule is CNC(=O)CCC(=O)c1cccc2c1C(=O)C(C(=O)Nc1ncc(C)s1)N(C)S2(=O)=O. The first-order valence-corrected chi connectivity index (χ1v) is 11.5. The third kappa shape index (κ3) is 4.27. The Balaban J connectivity index is 2.01. The average molecular weight is 465 g/mol. The molecule has 0 fully saturated rings. The van der Waals surface area contributed by atoms with E-state index in [1.807, 2.05) is 0 Å². The molecule has 2 N–H and O–H groups in total. The number of carbonyl (C=O) groups excluding carboxylic acids is 4. The van der Waals surface area contributed by atoms with Gasteiger partial charge in [0.2, 0.25) is 15.9 Å². The normalized spacial score (nSPS) is 17.6. The largest absolute Gasteiger partial charge is 0.359 e. The highest BCUT2D eigenvalue weighted by atomic mass is 32.2. The second-order valence-electron chi connectivity index (χ2n) is 6.83. The number of carbonyl (C=O) groups is 4. The standard InChI is InChI=1S/C19H20N4O6S2/c1-10-9-21-19(30-10)22-18(27)16-17(26)15-11(12(24)7-8-14(25)20-2)5-4-6-13(15)31(28,29)23(16)3/h4-6,9,16H,7-8H2,1-3H3,(H,20,25)(H,21,22,27). The van der Waals surface area contributed by atoms with Crippen LogP contribution in [-0.2, 0) is 19.6 Å². The van der Waals surface area contributed by atoms with Crippen LogP contribution in [0.15, 0.2) is 29.3 Å². The molecule has 1 aromatic carbocycles. The van der Waals surface area contributed by atoms with Crippen molar-refractivity contribution in [2.45, 2.75) is 30.7 Å². The zero-order valence-electron chi connectivity index (χ0n) is 17.0. The third-order valence-corrected chi connectivity index (χ3v) is 7.49. The number of Topliss-reactive ketones (excluding diaryl/α,β-unsaturated/α-hetero) is 2. The van der Waals surface area contributed by atoms with Crippen molar-refractivity contribution in [3.8, 4) is 0 Å². The summed E-state index contributed by atoms with van der Waals surface area (Å²) in [4.78, 5) is 54.7. The van der Waals surface area contributed by atoms with E-state index in [1.54, 1.807) is 6.92 Å². The molecule has 10 nitrogen and oxygen atoms in total. The molecular weight excluding hydrogens is 444 g/mol. The summed E-state index contributed by atoms with van der Waals surface area (Å²) in [6, 6.07) is 2.19. The third-order valence-electron chi connectivity index (χ3n) is 4.80. The summed E-state index contributed by atoms with van der Waals surface area (Å²) in [6.45, 7) is 1.78. The molecule has 0 radical (unpaired) electrons. The van der Waals surface area contributed by atoms with Crippen LogP contribution in [0, 0.1) is 6.92 Å². The van der Waals surface area contributed by atoms with Gasteiger partial charge in [-0.15, -0.1) is 11.3 Å². The molecule has 2 amide bonds. The summed E-state index contributed by atoms with van der Waals surface area (Å²) in [6.07, 6.45) is 1.20. The molecule has 2 aromatic rings. The number of thiazole rings is 1. The van der Waals surface area contributed by atoms with Gasteiger partial charge >= 0.3 is 0 Å². The number of likely N-dealkylation sites (N-methyl/N-ethyl adjacent to an activating group) is 1. The van der Waals surface area contributed by atoms with E-state index in [4.69, 9.17) is 0 Å². The lowest BCUT2D eigenvalue weighted by atomic mass is 9.94. The lowest BCUT2D eigenvalue weighted by Crippen LogP contribution is -2.53. The Morgan fingerprint density at radius 3 is 2.55 bits per heavy atom. The minimum atomic E-state index is -4.22. The van der Waals surface area contributed by atoms with Crippen molar-refractivity contribution in [1.29, 1.82) is 0 Å². The molecular formula is C19H20N4O6S2. The van der Waals surface area contributed by atoms with Crippen LogP contribution in [0.4, 0.5) is 5.13 Å². The Labute approximate surface area is 182 Å². The van der Waals surface area contributed by atoms with Gasteiger partial charge in [-0.3, -0.25) is 19.2 Å². The van der Waals surface area contributed by atoms with Gasteiger partial charge in [0.05, 0.1) is 10.5 Å². The number of hydrogen-bond donors (Lipinski definition) is 2. The number of nitrogens with one attached hydrogen (secondary N) is 2. The second kappa shape index (κ2) is 8.65. The molecule has 1 aromatic heterocycles. The van der Waals surface area contributed by atoms with Crippen LogP contribution in [-0.4, -0.2) is 61.2 Å². The maximum absolute atomic E-state index is 13.3. The van der Waals surface area contributed by atoms with Gasteiger partial charge in [-0.25, -0.2) is 13.4 Å². The molecule has 0 spiro atoms. The van der Waals surface area contributed by atoms with E-state index >= 15 is 0 Å². The number of fused-ring (bicyclic) bond motifs is 1. The fourth-order valence-corrected chi connectivity index (χ4v) is 5.35. The zero-order valence-corrected chi connectivity index (χ0v) is 18.6. The van der Waals surface area contributed by atoms with Crippen LogP contribution in [0.5, 0.6) is 0 Å². The molecule has 1 aliphatic rings. The summed E-state index contributed by atoms with van der Waals surface area (Å²) in [5.74, 6) is -2.62. The van der Waals surface area contributed by atoms with E-state index in [0.717, 1.165) is 11.9 Å². The Morgan fingerprint density at radius 2 is 1.94 bits per heavy atom. The highest BCUT2D eigenvalue weighted by molar-refractivity contribution is 7.89. The first-order valence-electron chi connectivity index (χ1n) is 9.20. The molecule has 0 saturated carbocycles. The lowest BCUT2D eigenvalue weighted by molar-refractivity contribution is -0.120. The van der Waals surface area contributed by atoms with Crippen LogP contribution in [0.2, 0.25) is 0 Å². The van der Waals surface area contributed by atoms with Crippen LogP contribution < -0.4 is 10.6 Å². The van der Waals surface area contributed by atoms with Crippen LogP contribution in [0.1, 0.15) is 38.4 Å². The van der Waals surface area contributed by atoms with E-state index in [0.29, 0.717) is 4.31 Å². The molecule has 0 aliphatic carbocycles. The van der Waals surface area contributed by atoms with E-state index in [9.17, 15) is 27.6 Å². The summed E-state index contributed by atoms with van der Waals surface area (Å²) in [7, 11) is -1.66. The summed E-state index contributed by atoms with van der Waals surface area (Å²) >= 11 is 1.17. The number of anilines is 1. The maximum atomic E-state index is 13.3. The molecule has 0 saturated heterocycles. The smallest absolute Gasteiger partial charge is 0.252 e. The highest BCUT2D eigenvalue weighted by Gasteiger charge is 2.47. The van der Waals surface area contributed by atoms with Gasteiger partial charge in [0.25, 0.3) is 5.91 Å². The number of aromatic nitrogens is 1. The van der Waals surface area contributed by atoms with Crippen LogP contribution in [0.3, 0.4) is 0 Å². The number of rotatable bonds is 6. The van der Waals surface area contributed by atoms with Crippen molar-refractivity contribution < 1.29 is 27.6 Å². The van der Waals surface area contributed by atoms with Crippen LogP contribution >= 0.6 is 11.3 Å². The van der Waals surface area contributed by atoms with Crippen molar-refractivity contribution in [3.63, 3.8) is 0 Å². The number of amides is 2. The molecule has 0 bridgehead atoms. The molecule has 164 valence electrons. The topological polar surface area (TPSA) is 143 Å². The van der Waals surface area contributed by atoms with Crippen LogP contribution in [0.25, 0.3) is 0 Å². The fourth-order valence-electron chi connectivity index (χ4n) is 3.19. The first-order chi connectivity index (χ1) is 14.6. The van der Waals surface area contributed by atoms with Gasteiger partial charge in [0.15, 0.2) is 22.7 Å². The fraction of sp³-hybridized carbons (Fsp3) is 0.316. The molecule has 2 heterocycles. The van der Waals surface area contributed by atoms with Crippen molar-refractivity contribution in [2.75, 3.05) is 19.4 Å². The van der Waals surface area contributed by atoms with Crippen molar-refractivity contribution in [3.05, 3.63) is 40.4 Å². The number of benzene rings is 1. The van der Waals surface area contributed by atoms with Gasteiger partial charge < -0.3 is 10.6 Å². The van der Waals surface area contributed by atoms with Gasteiger partial charge in [0.1, 0.15) is 0 Å². The monoisotopic (exact) mass is 464 g/mol. The summed E-state index contributed by atoms with van der Waals surface area (Å²) in [5.41, 5.74) is -0.469.